The molecule has 0 atom stereocenters. The van der Waals surface area contributed by atoms with Crippen LogP contribution in [0.2, 0.25) is 0 Å². The van der Waals surface area contributed by atoms with E-state index in [2.05, 4.69) is 31.1 Å². The summed E-state index contributed by atoms with van der Waals surface area (Å²) in [6.07, 6.45) is 3.30. The van der Waals surface area contributed by atoms with Gasteiger partial charge in [-0.05, 0) is 54.0 Å². The zero-order valence-electron chi connectivity index (χ0n) is 14.2. The first-order valence-corrected chi connectivity index (χ1v) is 8.86. The summed E-state index contributed by atoms with van der Waals surface area (Å²) in [5, 5.41) is 3.29. The van der Waals surface area contributed by atoms with Crippen LogP contribution < -0.4 is 10.2 Å². The van der Waals surface area contributed by atoms with E-state index in [-0.39, 0.29) is 30.7 Å². The van der Waals surface area contributed by atoms with Crippen molar-refractivity contribution in [2.24, 2.45) is 0 Å². The number of carbonyl (C=O) groups is 1. The van der Waals surface area contributed by atoms with E-state index < -0.39 is 5.60 Å². The summed E-state index contributed by atoms with van der Waals surface area (Å²) < 4.78 is 6.63. The monoisotopic (exact) mass is 454 g/mol. The Morgan fingerprint density at radius 3 is 2.36 bits per heavy atom. The molecule has 1 aromatic heterocycles. The van der Waals surface area contributed by atoms with Crippen molar-refractivity contribution in [2.75, 3.05) is 51.3 Å². The highest BCUT2D eigenvalue weighted by atomic mass is 79.9. The topological polar surface area (TPSA) is 57.7 Å². The van der Waals surface area contributed by atoms with Crippen LogP contribution in [0.15, 0.2) is 22.8 Å². The van der Waals surface area contributed by atoms with Crippen LogP contribution in [-0.2, 0) is 9.53 Å². The van der Waals surface area contributed by atoms with Crippen molar-refractivity contribution in [1.82, 2.24) is 15.2 Å². The van der Waals surface area contributed by atoms with E-state index in [1.54, 1.807) is 7.11 Å². The molecule has 0 radical (unpaired) electrons. The van der Waals surface area contributed by atoms with Crippen molar-refractivity contribution in [1.29, 1.82) is 0 Å². The molecule has 0 spiro atoms. The number of pyridine rings is 1. The van der Waals surface area contributed by atoms with Crippen LogP contribution in [0, 0.1) is 0 Å². The molecule has 3 rings (SSSR count). The van der Waals surface area contributed by atoms with Crippen molar-refractivity contribution in [3.63, 3.8) is 0 Å². The molecule has 0 aromatic carbocycles. The molecule has 1 aromatic rings. The molecular weight excluding hydrogens is 431 g/mol. The van der Waals surface area contributed by atoms with E-state index >= 15 is 0 Å². The van der Waals surface area contributed by atoms with Gasteiger partial charge in [0, 0.05) is 44.0 Å². The van der Waals surface area contributed by atoms with Crippen LogP contribution in [-0.4, -0.2) is 67.8 Å². The van der Waals surface area contributed by atoms with Gasteiger partial charge in [-0.3, -0.25) is 4.79 Å². The van der Waals surface area contributed by atoms with Gasteiger partial charge in [0.25, 0.3) is 5.91 Å². The lowest BCUT2D eigenvalue weighted by Crippen LogP contribution is -2.59. The van der Waals surface area contributed by atoms with Crippen LogP contribution in [0.25, 0.3) is 0 Å². The summed E-state index contributed by atoms with van der Waals surface area (Å²) in [5.74, 6) is 1.11. The number of aromatic nitrogens is 1. The van der Waals surface area contributed by atoms with Crippen LogP contribution in [0.5, 0.6) is 0 Å². The maximum Gasteiger partial charge on any atom is 0.255 e. The molecule has 1 amide bonds. The fraction of sp³-hybridized carbons (Fsp3) is 0.625. The molecule has 0 saturated carbocycles. The normalized spacial score (nSPS) is 19.6. The van der Waals surface area contributed by atoms with Crippen LogP contribution in [0.3, 0.4) is 0 Å². The second kappa shape index (κ2) is 9.92. The minimum atomic E-state index is -0.636. The summed E-state index contributed by atoms with van der Waals surface area (Å²) in [6.45, 7) is 4.71. The van der Waals surface area contributed by atoms with E-state index in [9.17, 15) is 4.79 Å². The lowest BCUT2D eigenvalue weighted by Gasteiger charge is -2.42. The highest BCUT2D eigenvalue weighted by Crippen LogP contribution is 2.26. The molecule has 1 N–H and O–H groups in total. The number of methoxy groups -OCH3 is 1. The lowest BCUT2D eigenvalue weighted by molar-refractivity contribution is -0.158. The third kappa shape index (κ3) is 4.98. The largest absolute Gasteiger partial charge is 0.368 e. The number of nitrogens with one attached hydrogen (secondary N) is 1. The van der Waals surface area contributed by atoms with Gasteiger partial charge in [0.05, 0.1) is 0 Å². The molecule has 0 aliphatic carbocycles. The third-order valence-corrected chi connectivity index (χ3v) is 5.26. The van der Waals surface area contributed by atoms with Gasteiger partial charge in [-0.15, -0.1) is 24.8 Å². The number of anilines is 1. The van der Waals surface area contributed by atoms with Gasteiger partial charge in [-0.1, -0.05) is 0 Å². The van der Waals surface area contributed by atoms with Crippen molar-refractivity contribution in [3.05, 3.63) is 22.8 Å². The zero-order valence-corrected chi connectivity index (χ0v) is 17.5. The van der Waals surface area contributed by atoms with Gasteiger partial charge in [0.2, 0.25) is 0 Å². The fourth-order valence-electron chi connectivity index (χ4n) is 3.32. The number of piperazine rings is 1. The van der Waals surface area contributed by atoms with E-state index in [0.717, 1.165) is 62.4 Å². The summed E-state index contributed by atoms with van der Waals surface area (Å²) in [4.78, 5) is 21.5. The van der Waals surface area contributed by atoms with Crippen LogP contribution in [0.4, 0.5) is 5.82 Å². The van der Waals surface area contributed by atoms with E-state index in [0.29, 0.717) is 0 Å². The van der Waals surface area contributed by atoms with Crippen molar-refractivity contribution in [3.8, 4) is 0 Å². The van der Waals surface area contributed by atoms with Gasteiger partial charge < -0.3 is 19.9 Å². The molecule has 2 saturated heterocycles. The van der Waals surface area contributed by atoms with E-state index in [1.165, 1.54) is 0 Å². The highest BCUT2D eigenvalue weighted by Gasteiger charge is 2.43. The van der Waals surface area contributed by atoms with Gasteiger partial charge >= 0.3 is 0 Å². The maximum absolute atomic E-state index is 12.9. The SMILES string of the molecule is COC1(C(=O)N2CCN(c3ccc(Br)cn3)CC2)CCNCC1.Cl.Cl. The smallest absolute Gasteiger partial charge is 0.255 e. The predicted octanol–water partition coefficient (Wildman–Crippen LogP) is 2.10. The van der Waals surface area contributed by atoms with Crippen molar-refractivity contribution >= 4 is 52.5 Å². The van der Waals surface area contributed by atoms with E-state index in [1.807, 2.05) is 23.2 Å². The molecule has 2 aliphatic rings. The van der Waals surface area contributed by atoms with E-state index in [4.69, 9.17) is 4.74 Å². The summed E-state index contributed by atoms with van der Waals surface area (Å²) in [5.41, 5.74) is -0.636. The minimum absolute atomic E-state index is 0. The summed E-state index contributed by atoms with van der Waals surface area (Å²) in [7, 11) is 1.66. The molecule has 9 heteroatoms. The second-order valence-corrected chi connectivity index (χ2v) is 6.98. The molecule has 2 fully saturated rings. The Kier molecular flexibility index (Phi) is 8.91. The lowest BCUT2D eigenvalue weighted by atomic mass is 9.90. The summed E-state index contributed by atoms with van der Waals surface area (Å²) in [6, 6.07) is 4.00. The molecule has 0 bridgehead atoms. The molecule has 2 aliphatic heterocycles. The second-order valence-electron chi connectivity index (χ2n) is 6.06. The number of ether oxygens (including phenoxy) is 1. The number of halogens is 3. The molecule has 6 nitrogen and oxygen atoms in total. The highest BCUT2D eigenvalue weighted by molar-refractivity contribution is 9.10. The number of rotatable bonds is 3. The minimum Gasteiger partial charge on any atom is -0.368 e. The Labute approximate surface area is 169 Å². The number of piperidine rings is 1. The molecule has 25 heavy (non-hydrogen) atoms. The number of carbonyl (C=O) groups excluding carboxylic acids is 1. The quantitative estimate of drug-likeness (QED) is 0.756. The Morgan fingerprint density at radius 2 is 1.84 bits per heavy atom. The predicted molar refractivity (Wildman–Crippen MR) is 107 cm³/mol. The molecular formula is C16H25BrCl2N4O2. The first-order valence-electron chi connectivity index (χ1n) is 8.06. The number of amides is 1. The summed E-state index contributed by atoms with van der Waals surface area (Å²) >= 11 is 3.40. The number of hydrogen-bond acceptors (Lipinski definition) is 5. The third-order valence-electron chi connectivity index (χ3n) is 4.79. The fourth-order valence-corrected chi connectivity index (χ4v) is 3.55. The number of nitrogens with zero attached hydrogens (tertiary/aromatic N) is 3. The average molecular weight is 456 g/mol. The van der Waals surface area contributed by atoms with Gasteiger partial charge in [0.15, 0.2) is 0 Å². The molecule has 142 valence electrons. The Bertz CT molecular complexity index is 548. The van der Waals surface area contributed by atoms with Gasteiger partial charge in [0.1, 0.15) is 11.4 Å². The Balaban J connectivity index is 0.00000156. The van der Waals surface area contributed by atoms with Crippen molar-refractivity contribution in [2.45, 2.75) is 18.4 Å². The van der Waals surface area contributed by atoms with Crippen LogP contribution >= 0.6 is 40.7 Å². The van der Waals surface area contributed by atoms with Gasteiger partial charge in [-0.25, -0.2) is 4.98 Å². The zero-order chi connectivity index (χ0) is 16.3. The van der Waals surface area contributed by atoms with Crippen molar-refractivity contribution < 1.29 is 9.53 Å². The Morgan fingerprint density at radius 1 is 1.20 bits per heavy atom. The first kappa shape index (κ1) is 22.4. The first-order chi connectivity index (χ1) is 11.1. The maximum atomic E-state index is 12.9. The van der Waals surface area contributed by atoms with Gasteiger partial charge in [-0.2, -0.15) is 0 Å². The standard InChI is InChI=1S/C16H23BrN4O2.2ClH/c1-23-16(4-6-18-7-5-16)15(22)21-10-8-20(9-11-21)14-3-2-13(17)12-19-14;;/h2-3,12,18H,4-11H2,1H3;2*1H. The molecule has 3 heterocycles. The number of hydrogen-bond donors (Lipinski definition) is 1. The Hall–Kier alpha value is -0.600. The molecule has 0 unspecified atom stereocenters. The average Bonchev–Trinajstić information content (AvgIpc) is 2.62. The van der Waals surface area contributed by atoms with Crippen LogP contribution in [0.1, 0.15) is 12.8 Å².